The quantitative estimate of drug-likeness (QED) is 0.933. The van der Waals surface area contributed by atoms with Crippen LogP contribution in [-0.2, 0) is 16.4 Å². The summed E-state index contributed by atoms with van der Waals surface area (Å²) in [7, 11) is -0.476. The van der Waals surface area contributed by atoms with Crippen molar-refractivity contribution in [2.45, 2.75) is 23.5 Å². The topological polar surface area (TPSA) is 66.8 Å². The highest BCUT2D eigenvalue weighted by Crippen LogP contribution is 2.36. The standard InChI is InChI=1S/C17H19NO4S/c1-18-15(11-12-7-9-13(22-2)10-8-12)17(19)14-5-3-4-6-16(14)23(18,20)21/h3-10,15,17,19H,11H2,1-2H3. The van der Waals surface area contributed by atoms with Crippen LogP contribution in [0.5, 0.6) is 5.75 Å². The van der Waals surface area contributed by atoms with Crippen molar-refractivity contribution < 1.29 is 18.3 Å². The van der Waals surface area contributed by atoms with Crippen LogP contribution < -0.4 is 4.74 Å². The third-order valence-electron chi connectivity index (χ3n) is 4.33. The zero-order valence-corrected chi connectivity index (χ0v) is 13.8. The fourth-order valence-electron chi connectivity index (χ4n) is 2.94. The fraction of sp³-hybridized carbons (Fsp3) is 0.294. The number of methoxy groups -OCH3 is 1. The molecule has 23 heavy (non-hydrogen) atoms. The van der Waals surface area contributed by atoms with Crippen molar-refractivity contribution in [2.75, 3.05) is 14.2 Å². The Morgan fingerprint density at radius 1 is 1.13 bits per heavy atom. The van der Waals surface area contributed by atoms with Crippen molar-refractivity contribution in [3.05, 3.63) is 59.7 Å². The minimum absolute atomic E-state index is 0.181. The first-order valence-electron chi connectivity index (χ1n) is 7.33. The first-order chi connectivity index (χ1) is 10.9. The summed E-state index contributed by atoms with van der Waals surface area (Å²) in [5.41, 5.74) is 1.40. The molecule has 2 unspecified atom stereocenters. The summed E-state index contributed by atoms with van der Waals surface area (Å²) in [5, 5.41) is 10.7. The van der Waals surface area contributed by atoms with E-state index in [-0.39, 0.29) is 4.90 Å². The Kier molecular flexibility index (Phi) is 4.14. The van der Waals surface area contributed by atoms with Crippen LogP contribution in [0.4, 0.5) is 0 Å². The summed E-state index contributed by atoms with van der Waals surface area (Å²) in [4.78, 5) is 0.181. The second-order valence-electron chi connectivity index (χ2n) is 5.62. The molecule has 1 heterocycles. The van der Waals surface area contributed by atoms with E-state index in [0.717, 1.165) is 11.3 Å². The summed E-state index contributed by atoms with van der Waals surface area (Å²) in [5.74, 6) is 0.740. The predicted octanol–water partition coefficient (Wildman–Crippen LogP) is 1.97. The minimum atomic E-state index is -3.59. The van der Waals surface area contributed by atoms with E-state index in [4.69, 9.17) is 4.74 Å². The number of ether oxygens (including phenoxy) is 1. The maximum atomic E-state index is 12.6. The van der Waals surface area contributed by atoms with E-state index in [1.54, 1.807) is 25.3 Å². The molecule has 5 nitrogen and oxygen atoms in total. The molecule has 0 bridgehead atoms. The molecule has 122 valence electrons. The maximum Gasteiger partial charge on any atom is 0.243 e. The van der Waals surface area contributed by atoms with Gasteiger partial charge >= 0.3 is 0 Å². The lowest BCUT2D eigenvalue weighted by atomic mass is 9.96. The second-order valence-corrected chi connectivity index (χ2v) is 7.59. The van der Waals surface area contributed by atoms with Gasteiger partial charge in [0.2, 0.25) is 10.0 Å². The molecule has 6 heteroatoms. The number of hydrogen-bond donors (Lipinski definition) is 1. The largest absolute Gasteiger partial charge is 0.497 e. The average Bonchev–Trinajstić information content (AvgIpc) is 2.58. The van der Waals surface area contributed by atoms with Crippen molar-refractivity contribution in [3.8, 4) is 5.75 Å². The van der Waals surface area contributed by atoms with Crippen molar-refractivity contribution >= 4 is 10.0 Å². The van der Waals surface area contributed by atoms with Crippen LogP contribution in [0.3, 0.4) is 0 Å². The molecular formula is C17H19NO4S. The van der Waals surface area contributed by atoms with Gasteiger partial charge in [-0.05, 0) is 30.2 Å². The summed E-state index contributed by atoms with van der Waals surface area (Å²) < 4.78 is 31.7. The van der Waals surface area contributed by atoms with Crippen LogP contribution in [0.25, 0.3) is 0 Å². The molecule has 2 aromatic carbocycles. The molecule has 0 saturated carbocycles. The first kappa shape index (κ1) is 16.0. The SMILES string of the molecule is COc1ccc(CC2C(O)c3ccccc3S(=O)(=O)N2C)cc1. The summed E-state index contributed by atoms with van der Waals surface area (Å²) in [6.07, 6.45) is -0.434. The minimum Gasteiger partial charge on any atom is -0.497 e. The van der Waals surface area contributed by atoms with Gasteiger partial charge in [-0.25, -0.2) is 8.42 Å². The van der Waals surface area contributed by atoms with Gasteiger partial charge in [-0.2, -0.15) is 4.31 Å². The van der Waals surface area contributed by atoms with Gasteiger partial charge in [0.1, 0.15) is 5.75 Å². The van der Waals surface area contributed by atoms with Crippen molar-refractivity contribution in [2.24, 2.45) is 0 Å². The van der Waals surface area contributed by atoms with Crippen LogP contribution in [0.2, 0.25) is 0 Å². The lowest BCUT2D eigenvalue weighted by molar-refractivity contribution is 0.0892. The lowest BCUT2D eigenvalue weighted by Gasteiger charge is -2.37. The molecule has 3 rings (SSSR count). The number of rotatable bonds is 3. The van der Waals surface area contributed by atoms with Gasteiger partial charge in [0.05, 0.1) is 24.2 Å². The molecule has 0 spiro atoms. The van der Waals surface area contributed by atoms with E-state index in [9.17, 15) is 13.5 Å². The Morgan fingerprint density at radius 3 is 2.43 bits per heavy atom. The molecular weight excluding hydrogens is 314 g/mol. The van der Waals surface area contributed by atoms with Crippen molar-refractivity contribution in [1.82, 2.24) is 4.31 Å². The van der Waals surface area contributed by atoms with Crippen LogP contribution in [-0.4, -0.2) is 38.0 Å². The highest BCUT2D eigenvalue weighted by atomic mass is 32.2. The number of nitrogens with zero attached hydrogens (tertiary/aromatic N) is 1. The lowest BCUT2D eigenvalue weighted by Crippen LogP contribution is -2.46. The molecule has 0 radical (unpaired) electrons. The van der Waals surface area contributed by atoms with Crippen LogP contribution in [0.15, 0.2) is 53.4 Å². The van der Waals surface area contributed by atoms with Crippen molar-refractivity contribution in [1.29, 1.82) is 0 Å². The summed E-state index contributed by atoms with van der Waals surface area (Å²) in [6.45, 7) is 0. The Morgan fingerprint density at radius 2 is 1.78 bits per heavy atom. The van der Waals surface area contributed by atoms with Gasteiger partial charge in [0, 0.05) is 12.6 Å². The van der Waals surface area contributed by atoms with Gasteiger partial charge in [-0.1, -0.05) is 30.3 Å². The smallest absolute Gasteiger partial charge is 0.243 e. The third-order valence-corrected chi connectivity index (χ3v) is 6.29. The predicted molar refractivity (Wildman–Crippen MR) is 86.8 cm³/mol. The zero-order chi connectivity index (χ0) is 16.6. The number of sulfonamides is 1. The molecule has 1 aliphatic heterocycles. The third kappa shape index (κ3) is 2.73. The number of hydrogen-bond acceptors (Lipinski definition) is 4. The Bertz CT molecular complexity index is 802. The van der Waals surface area contributed by atoms with Crippen LogP contribution >= 0.6 is 0 Å². The molecule has 2 atom stereocenters. The Hall–Kier alpha value is -1.89. The molecule has 2 aromatic rings. The zero-order valence-electron chi connectivity index (χ0n) is 13.0. The molecule has 0 aromatic heterocycles. The number of benzene rings is 2. The first-order valence-corrected chi connectivity index (χ1v) is 8.77. The van der Waals surface area contributed by atoms with Crippen LogP contribution in [0.1, 0.15) is 17.2 Å². The number of fused-ring (bicyclic) bond motifs is 1. The summed E-state index contributed by atoms with van der Waals surface area (Å²) >= 11 is 0. The molecule has 0 saturated heterocycles. The fourth-order valence-corrected chi connectivity index (χ4v) is 4.54. The van der Waals surface area contributed by atoms with Gasteiger partial charge in [-0.15, -0.1) is 0 Å². The second kappa shape index (κ2) is 5.96. The Labute approximate surface area is 136 Å². The van der Waals surface area contributed by atoms with Gasteiger partial charge in [0.15, 0.2) is 0 Å². The van der Waals surface area contributed by atoms with E-state index in [0.29, 0.717) is 12.0 Å². The van der Waals surface area contributed by atoms with Crippen LogP contribution in [0, 0.1) is 0 Å². The highest BCUT2D eigenvalue weighted by Gasteiger charge is 2.41. The number of aliphatic hydroxyl groups excluding tert-OH is 1. The maximum absolute atomic E-state index is 12.6. The van der Waals surface area contributed by atoms with E-state index < -0.39 is 22.2 Å². The highest BCUT2D eigenvalue weighted by molar-refractivity contribution is 7.89. The van der Waals surface area contributed by atoms with E-state index >= 15 is 0 Å². The average molecular weight is 333 g/mol. The monoisotopic (exact) mass is 333 g/mol. The molecule has 1 aliphatic rings. The van der Waals surface area contributed by atoms with Gasteiger partial charge in [0.25, 0.3) is 0 Å². The van der Waals surface area contributed by atoms with E-state index in [1.165, 1.54) is 17.4 Å². The van der Waals surface area contributed by atoms with E-state index in [2.05, 4.69) is 0 Å². The normalized spacial score (nSPS) is 23.3. The van der Waals surface area contributed by atoms with Gasteiger partial charge < -0.3 is 9.84 Å². The molecule has 1 N–H and O–H groups in total. The van der Waals surface area contributed by atoms with Gasteiger partial charge in [-0.3, -0.25) is 0 Å². The summed E-state index contributed by atoms with van der Waals surface area (Å²) in [6, 6.07) is 13.5. The van der Waals surface area contributed by atoms with E-state index in [1.807, 2.05) is 24.3 Å². The molecule has 0 aliphatic carbocycles. The number of aliphatic hydroxyl groups is 1. The number of likely N-dealkylation sites (N-methyl/N-ethyl adjacent to an activating group) is 1. The molecule has 0 amide bonds. The molecule has 0 fully saturated rings. The van der Waals surface area contributed by atoms with Crippen molar-refractivity contribution in [3.63, 3.8) is 0 Å². The Balaban J connectivity index is 1.96.